The van der Waals surface area contributed by atoms with Gasteiger partial charge in [0, 0.05) is 6.04 Å². The summed E-state index contributed by atoms with van der Waals surface area (Å²) >= 11 is 0. The number of benzene rings is 1. The molecule has 0 spiro atoms. The van der Waals surface area contributed by atoms with Gasteiger partial charge in [0.15, 0.2) is 0 Å². The third-order valence-corrected chi connectivity index (χ3v) is 6.02. The summed E-state index contributed by atoms with van der Waals surface area (Å²) in [5.74, 6) is 0.961. The summed E-state index contributed by atoms with van der Waals surface area (Å²) in [5, 5.41) is 0. The zero-order valence-electron chi connectivity index (χ0n) is 12.6. The average molecular weight is 295 g/mol. The van der Waals surface area contributed by atoms with Crippen molar-refractivity contribution in [3.05, 3.63) is 29.8 Å². The quantitative estimate of drug-likeness (QED) is 0.924. The van der Waals surface area contributed by atoms with Crippen molar-refractivity contribution in [1.29, 1.82) is 0 Å². The summed E-state index contributed by atoms with van der Waals surface area (Å²) in [5.41, 5.74) is 0.803. The normalized spacial score (nSPS) is 24.0. The van der Waals surface area contributed by atoms with Gasteiger partial charge in [-0.15, -0.1) is 0 Å². The molecule has 0 bridgehead atoms. The first-order valence-electron chi connectivity index (χ1n) is 7.50. The molecule has 2 atom stereocenters. The molecular weight excluding hydrogens is 270 g/mol. The summed E-state index contributed by atoms with van der Waals surface area (Å²) in [6.07, 6.45) is 4.40. The number of sulfonamides is 1. The standard InChI is InChI=1S/C16H25NO2S/c1-12(2)14-9-5-6-10-15(14)17-20(18,19)16-11-7-4-8-13(16)3/h4,7-8,11-12,14-15,17H,5-6,9-10H2,1-3H3. The Morgan fingerprint density at radius 1 is 1.15 bits per heavy atom. The van der Waals surface area contributed by atoms with Crippen molar-refractivity contribution in [3.8, 4) is 0 Å². The molecule has 3 nitrogen and oxygen atoms in total. The van der Waals surface area contributed by atoms with E-state index in [-0.39, 0.29) is 6.04 Å². The van der Waals surface area contributed by atoms with Crippen LogP contribution in [0, 0.1) is 18.8 Å². The Labute approximate surface area is 122 Å². The highest BCUT2D eigenvalue weighted by atomic mass is 32.2. The lowest BCUT2D eigenvalue weighted by molar-refractivity contribution is 0.226. The Bertz CT molecular complexity index is 551. The van der Waals surface area contributed by atoms with Gasteiger partial charge in [0.05, 0.1) is 4.90 Å². The van der Waals surface area contributed by atoms with Crippen molar-refractivity contribution < 1.29 is 8.42 Å². The summed E-state index contributed by atoms with van der Waals surface area (Å²) in [7, 11) is -3.41. The smallest absolute Gasteiger partial charge is 0.208 e. The van der Waals surface area contributed by atoms with Gasteiger partial charge in [-0.2, -0.15) is 0 Å². The minimum absolute atomic E-state index is 0.0772. The van der Waals surface area contributed by atoms with Crippen LogP contribution in [0.3, 0.4) is 0 Å². The number of aryl methyl sites for hydroxylation is 1. The van der Waals surface area contributed by atoms with Gasteiger partial charge in [0.2, 0.25) is 10.0 Å². The predicted octanol–water partition coefficient (Wildman–Crippen LogP) is 3.49. The van der Waals surface area contributed by atoms with E-state index < -0.39 is 10.0 Å². The largest absolute Gasteiger partial charge is 0.241 e. The van der Waals surface area contributed by atoms with Crippen molar-refractivity contribution in [3.63, 3.8) is 0 Å². The molecule has 2 rings (SSSR count). The van der Waals surface area contributed by atoms with Crippen LogP contribution < -0.4 is 4.72 Å². The Morgan fingerprint density at radius 3 is 2.45 bits per heavy atom. The fraction of sp³-hybridized carbons (Fsp3) is 0.625. The van der Waals surface area contributed by atoms with Crippen LogP contribution in [0.5, 0.6) is 0 Å². The van der Waals surface area contributed by atoms with Crippen LogP contribution in [0.2, 0.25) is 0 Å². The van der Waals surface area contributed by atoms with E-state index in [0.29, 0.717) is 16.7 Å². The maximum absolute atomic E-state index is 12.6. The molecule has 1 fully saturated rings. The van der Waals surface area contributed by atoms with Crippen molar-refractivity contribution in [2.45, 2.75) is 57.4 Å². The first-order valence-corrected chi connectivity index (χ1v) is 8.98. The molecule has 1 aliphatic rings. The first-order chi connectivity index (χ1) is 9.42. The van der Waals surface area contributed by atoms with Crippen LogP contribution in [0.15, 0.2) is 29.2 Å². The van der Waals surface area contributed by atoms with Gasteiger partial charge in [-0.3, -0.25) is 0 Å². The van der Waals surface area contributed by atoms with E-state index in [1.54, 1.807) is 12.1 Å². The fourth-order valence-corrected chi connectivity index (χ4v) is 4.79. The van der Waals surface area contributed by atoms with Gasteiger partial charge in [-0.25, -0.2) is 13.1 Å². The van der Waals surface area contributed by atoms with Gasteiger partial charge in [0.1, 0.15) is 0 Å². The summed E-state index contributed by atoms with van der Waals surface area (Å²) in [6, 6.07) is 7.25. The SMILES string of the molecule is Cc1ccccc1S(=O)(=O)NC1CCCCC1C(C)C. The highest BCUT2D eigenvalue weighted by Gasteiger charge is 2.31. The molecule has 0 heterocycles. The molecule has 4 heteroatoms. The second-order valence-electron chi connectivity index (χ2n) is 6.19. The molecular formula is C16H25NO2S. The molecule has 0 aromatic heterocycles. The molecule has 1 saturated carbocycles. The molecule has 20 heavy (non-hydrogen) atoms. The summed E-state index contributed by atoms with van der Waals surface area (Å²) < 4.78 is 28.1. The molecule has 0 amide bonds. The first kappa shape index (κ1) is 15.5. The van der Waals surface area contributed by atoms with Crippen LogP contribution in [0.1, 0.15) is 45.1 Å². The van der Waals surface area contributed by atoms with Gasteiger partial charge in [-0.05, 0) is 43.2 Å². The van der Waals surface area contributed by atoms with Crippen molar-refractivity contribution in [2.75, 3.05) is 0 Å². The molecule has 1 aromatic carbocycles. The Hall–Kier alpha value is -0.870. The van der Waals surface area contributed by atoms with E-state index in [0.717, 1.165) is 24.8 Å². The third-order valence-electron chi connectivity index (χ3n) is 4.37. The van der Waals surface area contributed by atoms with Crippen molar-refractivity contribution in [2.24, 2.45) is 11.8 Å². The van der Waals surface area contributed by atoms with E-state index in [4.69, 9.17) is 0 Å². The van der Waals surface area contributed by atoms with Crippen molar-refractivity contribution in [1.82, 2.24) is 4.72 Å². The van der Waals surface area contributed by atoms with Gasteiger partial charge in [0.25, 0.3) is 0 Å². The maximum atomic E-state index is 12.6. The molecule has 2 unspecified atom stereocenters. The van der Waals surface area contributed by atoms with Crippen LogP contribution in [-0.4, -0.2) is 14.5 Å². The Morgan fingerprint density at radius 2 is 1.80 bits per heavy atom. The van der Waals surface area contributed by atoms with Gasteiger partial charge in [-0.1, -0.05) is 44.9 Å². The lowest BCUT2D eigenvalue weighted by atomic mass is 9.78. The lowest BCUT2D eigenvalue weighted by Gasteiger charge is -2.34. The second-order valence-corrected chi connectivity index (χ2v) is 7.87. The van der Waals surface area contributed by atoms with Gasteiger partial charge >= 0.3 is 0 Å². The minimum Gasteiger partial charge on any atom is -0.208 e. The summed E-state index contributed by atoms with van der Waals surface area (Å²) in [6.45, 7) is 6.21. The van der Waals surface area contributed by atoms with Crippen LogP contribution in [-0.2, 0) is 10.0 Å². The molecule has 0 saturated heterocycles. The third kappa shape index (κ3) is 3.41. The highest BCUT2D eigenvalue weighted by Crippen LogP contribution is 2.31. The molecule has 1 aliphatic carbocycles. The number of nitrogens with one attached hydrogen (secondary N) is 1. The van der Waals surface area contributed by atoms with Crippen molar-refractivity contribution >= 4 is 10.0 Å². The molecule has 1 aromatic rings. The maximum Gasteiger partial charge on any atom is 0.241 e. The topological polar surface area (TPSA) is 46.2 Å². The van der Waals surface area contributed by atoms with E-state index in [2.05, 4.69) is 18.6 Å². The highest BCUT2D eigenvalue weighted by molar-refractivity contribution is 7.89. The zero-order chi connectivity index (χ0) is 14.8. The number of rotatable bonds is 4. The zero-order valence-corrected chi connectivity index (χ0v) is 13.4. The fourth-order valence-electron chi connectivity index (χ4n) is 3.22. The number of hydrogen-bond acceptors (Lipinski definition) is 2. The van der Waals surface area contributed by atoms with E-state index in [1.807, 2.05) is 19.1 Å². The van der Waals surface area contributed by atoms with Crippen LogP contribution in [0.25, 0.3) is 0 Å². The van der Waals surface area contributed by atoms with Gasteiger partial charge < -0.3 is 0 Å². The second kappa shape index (κ2) is 6.27. The lowest BCUT2D eigenvalue weighted by Crippen LogP contribution is -2.44. The summed E-state index contributed by atoms with van der Waals surface area (Å²) in [4.78, 5) is 0.410. The monoisotopic (exact) mass is 295 g/mol. The average Bonchev–Trinajstić information content (AvgIpc) is 2.39. The molecule has 0 aliphatic heterocycles. The Kier molecular flexibility index (Phi) is 4.86. The Balaban J connectivity index is 2.21. The number of hydrogen-bond donors (Lipinski definition) is 1. The van der Waals surface area contributed by atoms with Crippen LogP contribution in [0.4, 0.5) is 0 Å². The molecule has 0 radical (unpaired) electrons. The van der Waals surface area contributed by atoms with E-state index >= 15 is 0 Å². The van der Waals surface area contributed by atoms with E-state index in [9.17, 15) is 8.42 Å². The predicted molar refractivity (Wildman–Crippen MR) is 82.1 cm³/mol. The van der Waals surface area contributed by atoms with Crippen LogP contribution >= 0.6 is 0 Å². The van der Waals surface area contributed by atoms with E-state index in [1.165, 1.54) is 6.42 Å². The minimum atomic E-state index is -3.41. The molecule has 112 valence electrons. The molecule has 1 N–H and O–H groups in total.